The molecule has 0 bridgehead atoms. The van der Waals surface area contributed by atoms with Crippen molar-refractivity contribution in [1.29, 1.82) is 0 Å². The molecule has 0 aliphatic carbocycles. The molecular weight excluding hydrogens is 289 g/mol. The van der Waals surface area contributed by atoms with Crippen LogP contribution < -0.4 is 4.72 Å². The molecule has 0 saturated heterocycles. The number of hydrogen-bond acceptors (Lipinski definition) is 2. The van der Waals surface area contributed by atoms with Gasteiger partial charge in [-0.1, -0.05) is 43.7 Å². The summed E-state index contributed by atoms with van der Waals surface area (Å²) >= 11 is 0. The van der Waals surface area contributed by atoms with E-state index >= 15 is 0 Å². The fraction of sp³-hybridized carbons (Fsp3) is 0.250. The zero-order valence-corrected chi connectivity index (χ0v) is 12.7. The van der Waals surface area contributed by atoms with Gasteiger partial charge in [0.15, 0.2) is 0 Å². The molecule has 2 aromatic rings. The maximum absolute atomic E-state index is 13.5. The number of rotatable bonds is 6. The van der Waals surface area contributed by atoms with Crippen molar-refractivity contribution in [2.24, 2.45) is 0 Å². The molecule has 0 aliphatic rings. The van der Waals surface area contributed by atoms with E-state index in [4.69, 9.17) is 0 Å². The lowest BCUT2D eigenvalue weighted by Crippen LogP contribution is -2.23. The third kappa shape index (κ3) is 4.12. The van der Waals surface area contributed by atoms with Gasteiger partial charge in [-0.25, -0.2) is 17.5 Å². The summed E-state index contributed by atoms with van der Waals surface area (Å²) in [7, 11) is -3.62. The molecule has 0 aliphatic heterocycles. The van der Waals surface area contributed by atoms with Gasteiger partial charge >= 0.3 is 0 Å². The first kappa shape index (κ1) is 15.7. The Morgan fingerprint density at radius 3 is 2.33 bits per heavy atom. The van der Waals surface area contributed by atoms with E-state index in [9.17, 15) is 12.8 Å². The monoisotopic (exact) mass is 307 g/mol. The van der Waals surface area contributed by atoms with Gasteiger partial charge in [0.1, 0.15) is 5.82 Å². The van der Waals surface area contributed by atoms with Gasteiger partial charge in [0.25, 0.3) is 0 Å². The van der Waals surface area contributed by atoms with E-state index in [2.05, 4.69) is 11.6 Å². The molecule has 0 heterocycles. The van der Waals surface area contributed by atoms with Gasteiger partial charge in [0.2, 0.25) is 10.0 Å². The van der Waals surface area contributed by atoms with Crippen molar-refractivity contribution in [1.82, 2.24) is 4.72 Å². The summed E-state index contributed by atoms with van der Waals surface area (Å²) < 4.78 is 40.2. The Morgan fingerprint density at radius 2 is 1.71 bits per heavy atom. The fourth-order valence-electron chi connectivity index (χ4n) is 2.02. The predicted molar refractivity (Wildman–Crippen MR) is 80.9 cm³/mol. The molecule has 0 atom stereocenters. The Balaban J connectivity index is 2.09. The summed E-state index contributed by atoms with van der Waals surface area (Å²) in [6.07, 6.45) is 1.93. The molecule has 5 heteroatoms. The average molecular weight is 307 g/mol. The Bertz CT molecular complexity index is 696. The largest absolute Gasteiger partial charge is 0.240 e. The Hall–Kier alpha value is -1.72. The smallest absolute Gasteiger partial charge is 0.207 e. The maximum atomic E-state index is 13.5. The van der Waals surface area contributed by atoms with Crippen LogP contribution in [0.25, 0.3) is 0 Å². The van der Waals surface area contributed by atoms with Gasteiger partial charge in [-0.15, -0.1) is 0 Å². The second-order valence-corrected chi connectivity index (χ2v) is 6.58. The minimum absolute atomic E-state index is 0.0638. The highest BCUT2D eigenvalue weighted by molar-refractivity contribution is 7.89. The lowest BCUT2D eigenvalue weighted by Gasteiger charge is -2.08. The molecule has 0 radical (unpaired) electrons. The second kappa shape index (κ2) is 6.83. The molecule has 0 aromatic heterocycles. The Labute approximate surface area is 124 Å². The van der Waals surface area contributed by atoms with Crippen LogP contribution in [0.2, 0.25) is 0 Å². The van der Waals surface area contributed by atoms with E-state index in [1.165, 1.54) is 6.07 Å². The molecule has 0 spiro atoms. The van der Waals surface area contributed by atoms with Crippen molar-refractivity contribution in [3.8, 4) is 0 Å². The average Bonchev–Trinajstić information content (AvgIpc) is 2.47. The molecular formula is C16H18FNO2S. The van der Waals surface area contributed by atoms with E-state index in [-0.39, 0.29) is 11.4 Å². The molecule has 3 nitrogen and oxygen atoms in total. The van der Waals surface area contributed by atoms with Gasteiger partial charge in [-0.05, 0) is 30.2 Å². The van der Waals surface area contributed by atoms with Crippen LogP contribution in [0.3, 0.4) is 0 Å². The van der Waals surface area contributed by atoms with Crippen molar-refractivity contribution in [2.45, 2.75) is 31.2 Å². The molecule has 21 heavy (non-hydrogen) atoms. The molecule has 2 rings (SSSR count). The van der Waals surface area contributed by atoms with Gasteiger partial charge in [-0.3, -0.25) is 0 Å². The highest BCUT2D eigenvalue weighted by atomic mass is 32.2. The summed E-state index contributed by atoms with van der Waals surface area (Å²) in [6.45, 7) is 2.01. The van der Waals surface area contributed by atoms with Crippen LogP contribution in [0.5, 0.6) is 0 Å². The van der Waals surface area contributed by atoms with E-state index < -0.39 is 15.8 Å². The Morgan fingerprint density at radius 1 is 1.05 bits per heavy atom. The lowest BCUT2D eigenvalue weighted by atomic mass is 10.1. The van der Waals surface area contributed by atoms with Crippen molar-refractivity contribution >= 4 is 10.0 Å². The van der Waals surface area contributed by atoms with Crippen molar-refractivity contribution in [3.05, 3.63) is 65.5 Å². The highest BCUT2D eigenvalue weighted by Gasteiger charge is 2.14. The Kier molecular flexibility index (Phi) is 5.09. The van der Waals surface area contributed by atoms with E-state index in [1.54, 1.807) is 42.5 Å². The summed E-state index contributed by atoms with van der Waals surface area (Å²) in [4.78, 5) is 0.193. The van der Waals surface area contributed by atoms with Crippen molar-refractivity contribution in [2.75, 3.05) is 0 Å². The molecule has 2 aromatic carbocycles. The van der Waals surface area contributed by atoms with Crippen LogP contribution in [-0.4, -0.2) is 8.42 Å². The third-order valence-corrected chi connectivity index (χ3v) is 4.60. The number of sulfonamides is 1. The summed E-state index contributed by atoms with van der Waals surface area (Å²) in [5.41, 5.74) is 1.43. The first-order valence-corrected chi connectivity index (χ1v) is 8.33. The second-order valence-electron chi connectivity index (χ2n) is 4.81. The van der Waals surface area contributed by atoms with Gasteiger partial charge < -0.3 is 0 Å². The number of nitrogens with one attached hydrogen (secondary N) is 1. The molecule has 0 fully saturated rings. The summed E-state index contributed by atoms with van der Waals surface area (Å²) in [6, 6.07) is 12.9. The first-order valence-electron chi connectivity index (χ1n) is 6.85. The fourth-order valence-corrected chi connectivity index (χ4v) is 3.03. The van der Waals surface area contributed by atoms with E-state index in [1.807, 2.05) is 0 Å². The number of aryl methyl sites for hydroxylation is 1. The maximum Gasteiger partial charge on any atom is 0.240 e. The van der Waals surface area contributed by atoms with Crippen LogP contribution in [0, 0.1) is 5.82 Å². The zero-order valence-electron chi connectivity index (χ0n) is 11.8. The van der Waals surface area contributed by atoms with E-state index in [0.717, 1.165) is 18.4 Å². The summed E-state index contributed by atoms with van der Waals surface area (Å²) in [5, 5.41) is 0. The van der Waals surface area contributed by atoms with Crippen molar-refractivity contribution in [3.63, 3.8) is 0 Å². The van der Waals surface area contributed by atoms with E-state index in [0.29, 0.717) is 5.56 Å². The highest BCUT2D eigenvalue weighted by Crippen LogP contribution is 2.13. The van der Waals surface area contributed by atoms with Crippen LogP contribution >= 0.6 is 0 Å². The minimum atomic E-state index is -3.62. The first-order chi connectivity index (χ1) is 10.0. The summed E-state index contributed by atoms with van der Waals surface area (Å²) in [5.74, 6) is -0.418. The van der Waals surface area contributed by atoms with Crippen LogP contribution in [0.15, 0.2) is 53.4 Å². The minimum Gasteiger partial charge on any atom is -0.207 e. The molecule has 112 valence electrons. The van der Waals surface area contributed by atoms with Crippen LogP contribution in [-0.2, 0) is 23.0 Å². The topological polar surface area (TPSA) is 46.2 Å². The molecule has 1 N–H and O–H groups in total. The standard InChI is InChI=1S/C16H18FNO2S/c1-2-5-13-8-10-15(11-9-13)21(19,20)18-12-14-6-3-4-7-16(14)17/h3-4,6-11,18H,2,5,12H2,1H3. The molecule has 0 saturated carbocycles. The normalized spacial score (nSPS) is 11.5. The zero-order chi connectivity index (χ0) is 15.3. The van der Waals surface area contributed by atoms with Gasteiger partial charge in [0.05, 0.1) is 4.90 Å². The van der Waals surface area contributed by atoms with Crippen LogP contribution in [0.1, 0.15) is 24.5 Å². The predicted octanol–water partition coefficient (Wildman–Crippen LogP) is 3.26. The number of hydrogen-bond donors (Lipinski definition) is 1. The van der Waals surface area contributed by atoms with Gasteiger partial charge in [0, 0.05) is 12.1 Å². The third-order valence-electron chi connectivity index (χ3n) is 3.18. The van der Waals surface area contributed by atoms with Crippen molar-refractivity contribution < 1.29 is 12.8 Å². The van der Waals surface area contributed by atoms with Crippen LogP contribution in [0.4, 0.5) is 4.39 Å². The lowest BCUT2D eigenvalue weighted by molar-refractivity contribution is 0.574. The quantitative estimate of drug-likeness (QED) is 0.890. The number of benzene rings is 2. The number of halogens is 1. The molecule has 0 unspecified atom stereocenters. The SMILES string of the molecule is CCCc1ccc(S(=O)(=O)NCc2ccccc2F)cc1. The molecule has 0 amide bonds. The van der Waals surface area contributed by atoms with Gasteiger partial charge in [-0.2, -0.15) is 0 Å².